The van der Waals surface area contributed by atoms with E-state index in [2.05, 4.69) is 10.6 Å². The average molecular weight is 436 g/mol. The Morgan fingerprint density at radius 1 is 1.13 bits per heavy atom. The summed E-state index contributed by atoms with van der Waals surface area (Å²) in [6, 6.07) is 5.73. The maximum absolute atomic E-state index is 12.6. The van der Waals surface area contributed by atoms with E-state index in [1.807, 2.05) is 0 Å². The topological polar surface area (TPSA) is 125 Å². The maximum atomic E-state index is 12.6. The molecule has 2 N–H and O–H groups in total. The van der Waals surface area contributed by atoms with Crippen molar-refractivity contribution in [3.8, 4) is 0 Å². The molecule has 3 aliphatic rings. The number of carbonyl (C=O) groups excluding carboxylic acids is 3. The van der Waals surface area contributed by atoms with Gasteiger partial charge in [0.25, 0.3) is 5.91 Å². The van der Waals surface area contributed by atoms with Gasteiger partial charge in [0, 0.05) is 19.6 Å². The van der Waals surface area contributed by atoms with E-state index in [1.165, 1.54) is 16.4 Å². The predicted molar refractivity (Wildman–Crippen MR) is 105 cm³/mol. The molecule has 0 bridgehead atoms. The predicted octanol–water partition coefficient (Wildman–Crippen LogP) is -0.202. The van der Waals surface area contributed by atoms with Crippen LogP contribution in [0.1, 0.15) is 24.8 Å². The zero-order valence-electron chi connectivity index (χ0n) is 16.4. The van der Waals surface area contributed by atoms with Crippen LogP contribution in [0, 0.1) is 0 Å². The lowest BCUT2D eigenvalue weighted by Gasteiger charge is -2.34. The van der Waals surface area contributed by atoms with Crippen LogP contribution in [0.15, 0.2) is 29.2 Å². The Morgan fingerprint density at radius 2 is 1.80 bits per heavy atom. The molecule has 1 aromatic rings. The summed E-state index contributed by atoms with van der Waals surface area (Å²) in [5, 5.41) is 5.34. The van der Waals surface area contributed by atoms with E-state index in [4.69, 9.17) is 4.74 Å². The van der Waals surface area contributed by atoms with Crippen LogP contribution in [-0.4, -0.2) is 73.9 Å². The second-order valence-electron chi connectivity index (χ2n) is 7.69. The number of nitrogens with zero attached hydrogens (tertiary/aromatic N) is 2. The second kappa shape index (κ2) is 7.97. The van der Waals surface area contributed by atoms with Crippen LogP contribution in [0.3, 0.4) is 0 Å². The van der Waals surface area contributed by atoms with Crippen LogP contribution in [-0.2, 0) is 30.9 Å². The molecular weight excluding hydrogens is 412 g/mol. The number of imide groups is 1. The molecule has 11 heteroatoms. The fourth-order valence-corrected chi connectivity index (χ4v) is 5.21. The molecule has 10 nitrogen and oxygen atoms in total. The van der Waals surface area contributed by atoms with Crippen molar-refractivity contribution in [3.05, 3.63) is 29.8 Å². The number of morpholine rings is 1. The number of hydrogen-bond donors (Lipinski definition) is 2. The molecule has 1 saturated carbocycles. The molecule has 3 fully saturated rings. The van der Waals surface area contributed by atoms with Crippen LogP contribution in [0.5, 0.6) is 0 Å². The molecule has 2 heterocycles. The first-order valence-electron chi connectivity index (χ1n) is 9.89. The summed E-state index contributed by atoms with van der Waals surface area (Å²) in [5.74, 6) is -0.800. The van der Waals surface area contributed by atoms with Crippen LogP contribution >= 0.6 is 0 Å². The Hall–Kier alpha value is -2.50. The summed E-state index contributed by atoms with van der Waals surface area (Å²) < 4.78 is 31.8. The van der Waals surface area contributed by atoms with Gasteiger partial charge in [0.05, 0.1) is 18.1 Å². The van der Waals surface area contributed by atoms with Gasteiger partial charge in [-0.1, -0.05) is 12.1 Å². The quantitative estimate of drug-likeness (QED) is 0.595. The van der Waals surface area contributed by atoms with Crippen molar-refractivity contribution in [2.75, 3.05) is 32.8 Å². The van der Waals surface area contributed by atoms with Gasteiger partial charge in [-0.2, -0.15) is 4.31 Å². The third kappa shape index (κ3) is 3.80. The van der Waals surface area contributed by atoms with Crippen molar-refractivity contribution in [1.82, 2.24) is 19.8 Å². The second-order valence-corrected chi connectivity index (χ2v) is 9.63. The van der Waals surface area contributed by atoms with Gasteiger partial charge in [-0.3, -0.25) is 14.5 Å². The van der Waals surface area contributed by atoms with Crippen LogP contribution in [0.4, 0.5) is 4.79 Å². The normalized spacial score (nSPS) is 21.4. The van der Waals surface area contributed by atoms with Gasteiger partial charge >= 0.3 is 6.03 Å². The van der Waals surface area contributed by atoms with E-state index in [9.17, 15) is 22.8 Å². The Bertz CT molecular complexity index is 952. The molecule has 1 aromatic carbocycles. The van der Waals surface area contributed by atoms with Crippen molar-refractivity contribution < 1.29 is 27.5 Å². The van der Waals surface area contributed by atoms with E-state index in [0.717, 1.165) is 11.3 Å². The molecule has 2 aliphatic heterocycles. The highest BCUT2D eigenvalue weighted by Gasteiger charge is 2.54. The first-order chi connectivity index (χ1) is 14.3. The van der Waals surface area contributed by atoms with E-state index in [0.29, 0.717) is 44.7 Å². The number of benzene rings is 1. The third-order valence-corrected chi connectivity index (χ3v) is 7.69. The summed E-state index contributed by atoms with van der Waals surface area (Å²) in [6.07, 6.45) is 2.09. The first-order valence-corrected chi connectivity index (χ1v) is 11.3. The lowest BCUT2D eigenvalue weighted by atomic mass is 9.77. The zero-order valence-corrected chi connectivity index (χ0v) is 17.2. The zero-order chi connectivity index (χ0) is 21.4. The summed E-state index contributed by atoms with van der Waals surface area (Å²) in [7, 11) is -3.57. The highest BCUT2D eigenvalue weighted by atomic mass is 32.2. The number of amides is 4. The van der Waals surface area contributed by atoms with Gasteiger partial charge in [0.1, 0.15) is 12.1 Å². The van der Waals surface area contributed by atoms with Gasteiger partial charge in [0.15, 0.2) is 0 Å². The minimum atomic E-state index is -3.57. The number of hydrogen-bond acceptors (Lipinski definition) is 6. The first kappa shape index (κ1) is 20.8. The van der Waals surface area contributed by atoms with Gasteiger partial charge in [-0.25, -0.2) is 13.2 Å². The van der Waals surface area contributed by atoms with Gasteiger partial charge in [-0.05, 0) is 37.0 Å². The van der Waals surface area contributed by atoms with E-state index in [1.54, 1.807) is 12.1 Å². The fourth-order valence-electron chi connectivity index (χ4n) is 3.80. The molecule has 0 radical (unpaired) electrons. The lowest BCUT2D eigenvalue weighted by molar-refractivity contribution is -0.137. The molecule has 1 spiro atoms. The molecule has 1 aliphatic carbocycles. The lowest BCUT2D eigenvalue weighted by Crippen LogP contribution is -2.53. The van der Waals surface area contributed by atoms with Gasteiger partial charge in [-0.15, -0.1) is 0 Å². The Kier molecular flexibility index (Phi) is 5.51. The summed E-state index contributed by atoms with van der Waals surface area (Å²) in [5.41, 5.74) is -0.101. The molecule has 162 valence electrons. The molecule has 0 aromatic heterocycles. The minimum Gasteiger partial charge on any atom is -0.379 e. The average Bonchev–Trinajstić information content (AvgIpc) is 2.98. The van der Waals surface area contributed by atoms with E-state index < -0.39 is 27.5 Å². The number of sulfonamides is 1. The van der Waals surface area contributed by atoms with E-state index >= 15 is 0 Å². The van der Waals surface area contributed by atoms with Crippen molar-refractivity contribution in [3.63, 3.8) is 0 Å². The standard InChI is InChI=1S/C19H24N4O6S/c24-16(13-23-17(25)19(6-1-7-19)21-18(23)26)20-12-14-2-4-15(5-3-14)30(27,28)22-8-10-29-11-9-22/h2-5H,1,6-13H2,(H,20,24)(H,21,26). The van der Waals surface area contributed by atoms with Crippen molar-refractivity contribution in [2.24, 2.45) is 0 Å². The molecule has 30 heavy (non-hydrogen) atoms. The molecular formula is C19H24N4O6S. The van der Waals surface area contributed by atoms with Crippen molar-refractivity contribution in [2.45, 2.75) is 36.2 Å². The number of urea groups is 1. The Morgan fingerprint density at radius 3 is 2.37 bits per heavy atom. The minimum absolute atomic E-state index is 0.158. The largest absolute Gasteiger partial charge is 0.379 e. The fraction of sp³-hybridized carbons (Fsp3) is 0.526. The van der Waals surface area contributed by atoms with Crippen molar-refractivity contribution in [1.29, 1.82) is 0 Å². The van der Waals surface area contributed by atoms with Crippen LogP contribution < -0.4 is 10.6 Å². The summed E-state index contributed by atoms with van der Waals surface area (Å²) in [6.45, 7) is 1.22. The smallest absolute Gasteiger partial charge is 0.325 e. The summed E-state index contributed by atoms with van der Waals surface area (Å²) >= 11 is 0. The van der Waals surface area contributed by atoms with Gasteiger partial charge in [0.2, 0.25) is 15.9 Å². The highest BCUT2D eigenvalue weighted by molar-refractivity contribution is 7.89. The summed E-state index contributed by atoms with van der Waals surface area (Å²) in [4.78, 5) is 37.7. The monoisotopic (exact) mass is 436 g/mol. The molecule has 2 saturated heterocycles. The van der Waals surface area contributed by atoms with Crippen LogP contribution in [0.25, 0.3) is 0 Å². The molecule has 4 rings (SSSR count). The highest BCUT2D eigenvalue weighted by Crippen LogP contribution is 2.37. The van der Waals surface area contributed by atoms with Crippen LogP contribution in [0.2, 0.25) is 0 Å². The number of ether oxygens (including phenoxy) is 1. The number of rotatable bonds is 6. The third-order valence-electron chi connectivity index (χ3n) is 5.78. The Balaban J connectivity index is 1.31. The molecule has 0 unspecified atom stereocenters. The molecule has 0 atom stereocenters. The number of nitrogens with one attached hydrogen (secondary N) is 2. The van der Waals surface area contributed by atoms with Crippen molar-refractivity contribution >= 4 is 27.9 Å². The van der Waals surface area contributed by atoms with Gasteiger partial charge < -0.3 is 15.4 Å². The maximum Gasteiger partial charge on any atom is 0.325 e. The SMILES string of the molecule is O=C(CN1C(=O)NC2(CCC2)C1=O)NCc1ccc(S(=O)(=O)N2CCOCC2)cc1. The Labute approximate surface area is 174 Å². The number of carbonyl (C=O) groups is 3. The molecule has 4 amide bonds. The van der Waals surface area contributed by atoms with E-state index in [-0.39, 0.29) is 23.9 Å².